The third-order valence-electron chi connectivity index (χ3n) is 22.4. The fourth-order valence-corrected chi connectivity index (χ4v) is 19.0. The molecule has 4 heteroatoms. The second kappa shape index (κ2) is 18.4. The van der Waals surface area contributed by atoms with Crippen LogP contribution in [0, 0.1) is 0 Å². The van der Waals surface area contributed by atoms with E-state index in [4.69, 9.17) is 0 Å². The number of rotatable bonds is 5. The summed E-state index contributed by atoms with van der Waals surface area (Å²) in [5.74, 6) is 0. The first-order chi connectivity index (χ1) is 46.0. The normalized spacial score (nSPS) is 15.2. The average molecular weight is 1180 g/mol. The molecule has 2 aliphatic heterocycles. The lowest BCUT2D eigenvalue weighted by molar-refractivity contribution is 0.660. The van der Waals surface area contributed by atoms with E-state index < -0.39 is 10.8 Å². The van der Waals surface area contributed by atoms with E-state index in [1.165, 1.54) is 139 Å². The minimum atomic E-state index is -0.555. The second-order valence-corrected chi connectivity index (χ2v) is 26.8. The number of nitrogens with zero attached hydrogens (tertiary/aromatic N) is 3. The first-order valence-electron chi connectivity index (χ1n) is 32.9. The molecule has 14 aromatic carbocycles. The Morgan fingerprint density at radius 2 is 0.624 bits per heavy atom. The van der Waals surface area contributed by atoms with Crippen LogP contribution in [-0.4, -0.2) is 6.71 Å². The van der Waals surface area contributed by atoms with Crippen molar-refractivity contribution in [3.8, 4) is 55.6 Å². The van der Waals surface area contributed by atoms with Crippen molar-refractivity contribution >= 4 is 74.3 Å². The topological polar surface area (TPSA) is 9.72 Å². The van der Waals surface area contributed by atoms with Gasteiger partial charge >= 0.3 is 0 Å². The smallest absolute Gasteiger partial charge is 0.252 e. The monoisotopic (exact) mass is 1180 g/mol. The van der Waals surface area contributed by atoms with Crippen molar-refractivity contribution in [2.45, 2.75) is 30.1 Å². The highest BCUT2D eigenvalue weighted by atomic mass is 15.2. The Morgan fingerprint density at radius 3 is 1.10 bits per heavy atom. The van der Waals surface area contributed by atoms with Gasteiger partial charge in [0.1, 0.15) is 0 Å². The van der Waals surface area contributed by atoms with E-state index in [9.17, 15) is 0 Å². The summed E-state index contributed by atoms with van der Waals surface area (Å²) in [6.45, 7) is 4.68. The number of fused-ring (bicyclic) bond motifs is 29. The van der Waals surface area contributed by atoms with Crippen LogP contribution in [0.25, 0.3) is 55.6 Å². The third-order valence-corrected chi connectivity index (χ3v) is 22.4. The number of hydrogen-bond acceptors (Lipinski definition) is 3. The molecule has 0 saturated heterocycles. The van der Waals surface area contributed by atoms with E-state index in [-0.39, 0.29) is 12.1 Å². The summed E-state index contributed by atoms with van der Waals surface area (Å²) in [5, 5.41) is 0. The molecule has 3 nitrogen and oxygen atoms in total. The average Bonchev–Trinajstić information content (AvgIpc) is 1.58. The van der Waals surface area contributed by atoms with Crippen LogP contribution >= 0.6 is 0 Å². The van der Waals surface area contributed by atoms with E-state index in [0.717, 1.165) is 39.8 Å². The van der Waals surface area contributed by atoms with Gasteiger partial charge in [0.05, 0.1) is 22.2 Å². The van der Waals surface area contributed by atoms with E-state index in [1.807, 2.05) is 0 Å². The molecule has 7 aliphatic rings. The molecule has 0 radical (unpaired) electrons. The molecule has 0 amide bonds. The van der Waals surface area contributed by atoms with Crippen molar-refractivity contribution in [1.82, 2.24) is 0 Å². The summed E-state index contributed by atoms with van der Waals surface area (Å²) in [4.78, 5) is 7.95. The van der Waals surface area contributed by atoms with Crippen LogP contribution < -0.4 is 31.1 Å². The van der Waals surface area contributed by atoms with Crippen molar-refractivity contribution < 1.29 is 0 Å². The molecule has 5 aliphatic carbocycles. The largest absolute Gasteiger partial charge is 0.311 e. The van der Waals surface area contributed by atoms with E-state index in [1.54, 1.807) is 0 Å². The molecule has 432 valence electrons. The Morgan fingerprint density at radius 1 is 0.280 bits per heavy atom. The van der Waals surface area contributed by atoms with Crippen LogP contribution in [0.15, 0.2) is 315 Å². The maximum atomic E-state index is 2.69. The fourth-order valence-electron chi connectivity index (χ4n) is 19.0. The van der Waals surface area contributed by atoms with Gasteiger partial charge < -0.3 is 14.7 Å². The van der Waals surface area contributed by atoms with Crippen LogP contribution in [0.4, 0.5) is 51.2 Å². The Hall–Kier alpha value is -11.5. The van der Waals surface area contributed by atoms with E-state index >= 15 is 0 Å². The Kier molecular flexibility index (Phi) is 10.1. The zero-order valence-electron chi connectivity index (χ0n) is 51.4. The summed E-state index contributed by atoms with van der Waals surface area (Å²) < 4.78 is 0. The van der Waals surface area contributed by atoms with Gasteiger partial charge in [-0.15, -0.1) is 0 Å². The van der Waals surface area contributed by atoms with E-state index in [0.29, 0.717) is 0 Å². The van der Waals surface area contributed by atoms with Crippen molar-refractivity contribution in [3.63, 3.8) is 0 Å². The van der Waals surface area contributed by atoms with Gasteiger partial charge in [0, 0.05) is 61.9 Å². The lowest BCUT2D eigenvalue weighted by atomic mass is 9.33. The number of para-hydroxylation sites is 3. The molecule has 21 rings (SSSR count). The summed E-state index contributed by atoms with van der Waals surface area (Å²) in [7, 11) is 0. The van der Waals surface area contributed by atoms with Gasteiger partial charge in [-0.05, 0) is 166 Å². The van der Waals surface area contributed by atoms with E-state index in [2.05, 4.69) is 344 Å². The minimum absolute atomic E-state index is 0.173. The highest BCUT2D eigenvalue weighted by molar-refractivity contribution is 7.00. The fraction of sp³-hybridized carbons (Fsp3) is 0.0562. The lowest BCUT2D eigenvalue weighted by Crippen LogP contribution is -2.61. The zero-order valence-corrected chi connectivity index (χ0v) is 51.4. The van der Waals surface area contributed by atoms with Crippen LogP contribution in [-0.2, 0) is 16.2 Å². The molecule has 0 unspecified atom stereocenters. The molecule has 0 atom stereocenters. The zero-order chi connectivity index (χ0) is 61.1. The summed E-state index contributed by atoms with van der Waals surface area (Å²) in [5.41, 5.74) is 39.0. The quantitative estimate of drug-likeness (QED) is 0.159. The van der Waals surface area contributed by atoms with Gasteiger partial charge in [-0.25, -0.2) is 0 Å². The Bertz CT molecular complexity index is 5500. The molecule has 0 aromatic heterocycles. The first kappa shape index (κ1) is 51.3. The number of benzene rings is 14. The number of anilines is 9. The van der Waals surface area contributed by atoms with Gasteiger partial charge in [-0.1, -0.05) is 275 Å². The molecule has 0 N–H and O–H groups in total. The number of hydrogen-bond donors (Lipinski definition) is 0. The summed E-state index contributed by atoms with van der Waals surface area (Å²) in [6, 6.07) is 121. The van der Waals surface area contributed by atoms with Crippen molar-refractivity contribution in [1.29, 1.82) is 0 Å². The molecule has 93 heavy (non-hydrogen) atoms. The Balaban J connectivity index is 0.919. The molecule has 0 fully saturated rings. The minimum Gasteiger partial charge on any atom is -0.311 e. The lowest BCUT2D eigenvalue weighted by Gasteiger charge is -2.46. The van der Waals surface area contributed by atoms with Gasteiger partial charge in [-0.2, -0.15) is 0 Å². The standard InChI is InChI=1S/C89H58BN3/c1-87(2)66-40-19-16-37-63(66)82-73(87)49-51-76-85(82)92(56-29-8-4-9-30-56)79-53-58(91(55-27-6-3-7-28-55)78-48-26-47-74-81(78)64-38-17-24-45-71(64)88(74)67-41-20-12-33-59(67)60-34-13-21-42-68(60)88)54-80-84(79)90(76)77-52-50-75-83(86(77)93(80)57-31-10-5-11-32-57)65-39-18-25-46-72(65)89(75)69-43-22-14-35-61(69)62-36-15-23-44-70(62)89/h3-54H,1-2H3. The molecular weight excluding hydrogens is 1120 g/mol. The van der Waals surface area contributed by atoms with Crippen LogP contribution in [0.3, 0.4) is 0 Å². The van der Waals surface area contributed by atoms with Crippen molar-refractivity contribution in [2.24, 2.45) is 0 Å². The molecule has 2 heterocycles. The maximum absolute atomic E-state index is 2.69. The highest BCUT2D eigenvalue weighted by Gasteiger charge is 2.57. The van der Waals surface area contributed by atoms with Crippen LogP contribution in [0.1, 0.15) is 69.5 Å². The first-order valence-corrected chi connectivity index (χ1v) is 32.9. The maximum Gasteiger partial charge on any atom is 0.252 e. The molecule has 2 spiro atoms. The highest BCUT2D eigenvalue weighted by Crippen LogP contribution is 2.68. The van der Waals surface area contributed by atoms with Gasteiger partial charge in [0.25, 0.3) is 6.71 Å². The van der Waals surface area contributed by atoms with Crippen molar-refractivity contribution in [3.05, 3.63) is 371 Å². The molecule has 14 aromatic rings. The SMILES string of the molecule is CC1(C)c2ccccc2-c2c1ccc1c2N(c2ccccc2)c2cc(N(c3ccccc3)c3cccc4c3-c3ccccc3C43c4ccccc4-c4ccccc43)cc3c2B1c1ccc2c(c1N3c1ccccc1)-c1ccccc1C21c2ccccc2-c2ccccc21. The molecular formula is C89H58BN3. The summed E-state index contributed by atoms with van der Waals surface area (Å²) >= 11 is 0. The second-order valence-electron chi connectivity index (χ2n) is 26.8. The van der Waals surface area contributed by atoms with Gasteiger partial charge in [0.15, 0.2) is 0 Å². The van der Waals surface area contributed by atoms with Crippen LogP contribution in [0.5, 0.6) is 0 Å². The third kappa shape index (κ3) is 6.27. The van der Waals surface area contributed by atoms with Crippen LogP contribution in [0.2, 0.25) is 0 Å². The molecule has 0 bridgehead atoms. The predicted octanol–water partition coefficient (Wildman–Crippen LogP) is 20.2. The summed E-state index contributed by atoms with van der Waals surface area (Å²) in [6.07, 6.45) is 0. The van der Waals surface area contributed by atoms with Gasteiger partial charge in [-0.3, -0.25) is 0 Å². The Labute approximate surface area is 542 Å². The predicted molar refractivity (Wildman–Crippen MR) is 385 cm³/mol. The van der Waals surface area contributed by atoms with Gasteiger partial charge in [0.2, 0.25) is 0 Å². The van der Waals surface area contributed by atoms with Crippen molar-refractivity contribution in [2.75, 3.05) is 14.7 Å². The molecule has 0 saturated carbocycles.